The molecule has 33 heavy (non-hydrogen) atoms. The molecule has 6 nitrogen and oxygen atoms in total. The summed E-state index contributed by atoms with van der Waals surface area (Å²) >= 11 is 1.46. The van der Waals surface area contributed by atoms with E-state index in [1.54, 1.807) is 7.11 Å². The van der Waals surface area contributed by atoms with E-state index in [2.05, 4.69) is 10.3 Å². The van der Waals surface area contributed by atoms with E-state index < -0.39 is 0 Å². The number of ether oxygens (including phenoxy) is 1. The fourth-order valence-corrected chi connectivity index (χ4v) is 5.10. The largest absolute Gasteiger partial charge is 0.497 e. The molecule has 2 amide bonds. The number of hydrogen-bond acceptors (Lipinski definition) is 5. The minimum atomic E-state index is 0.0505. The third kappa shape index (κ3) is 5.79. The highest BCUT2D eigenvalue weighted by Gasteiger charge is 2.27. The molecular formula is C26H29N3O3S. The smallest absolute Gasteiger partial charge is 0.265 e. The van der Waals surface area contributed by atoms with Crippen LogP contribution in [0.25, 0.3) is 10.6 Å². The van der Waals surface area contributed by atoms with Crippen LogP contribution in [-0.2, 0) is 11.3 Å². The van der Waals surface area contributed by atoms with Crippen LogP contribution in [0.15, 0.2) is 54.6 Å². The number of methoxy groups -OCH3 is 1. The highest BCUT2D eigenvalue weighted by molar-refractivity contribution is 7.17. The average Bonchev–Trinajstić information content (AvgIpc) is 3.25. The van der Waals surface area contributed by atoms with Gasteiger partial charge >= 0.3 is 0 Å². The summed E-state index contributed by atoms with van der Waals surface area (Å²) in [7, 11) is 1.64. The number of aromatic nitrogens is 1. The zero-order chi connectivity index (χ0) is 23.2. The van der Waals surface area contributed by atoms with Gasteiger partial charge in [0.2, 0.25) is 5.91 Å². The normalized spacial score (nSPS) is 14.2. The summed E-state index contributed by atoms with van der Waals surface area (Å²) in [5, 5.41) is 3.88. The van der Waals surface area contributed by atoms with Gasteiger partial charge in [0.15, 0.2) is 0 Å². The number of rotatable bonds is 7. The maximum Gasteiger partial charge on any atom is 0.265 e. The number of amides is 2. The van der Waals surface area contributed by atoms with Crippen molar-refractivity contribution in [3.8, 4) is 16.3 Å². The molecule has 0 atom stereocenters. The van der Waals surface area contributed by atoms with Gasteiger partial charge in [-0.3, -0.25) is 9.59 Å². The number of nitrogens with one attached hydrogen (secondary N) is 1. The Labute approximate surface area is 198 Å². The quantitative estimate of drug-likeness (QED) is 0.552. The van der Waals surface area contributed by atoms with Gasteiger partial charge in [-0.1, -0.05) is 42.5 Å². The molecule has 7 heteroatoms. The molecule has 4 rings (SSSR count). The number of likely N-dealkylation sites (tertiary alicyclic amines) is 1. The van der Waals surface area contributed by atoms with Gasteiger partial charge in [0.1, 0.15) is 15.6 Å². The van der Waals surface area contributed by atoms with Gasteiger partial charge in [0.25, 0.3) is 5.91 Å². The first-order chi connectivity index (χ1) is 16.0. The van der Waals surface area contributed by atoms with Crippen LogP contribution in [-0.4, -0.2) is 41.9 Å². The van der Waals surface area contributed by atoms with E-state index in [1.807, 2.05) is 66.4 Å². The van der Waals surface area contributed by atoms with Crippen molar-refractivity contribution < 1.29 is 14.3 Å². The van der Waals surface area contributed by atoms with E-state index in [9.17, 15) is 9.59 Å². The van der Waals surface area contributed by atoms with E-state index in [4.69, 9.17) is 4.74 Å². The Bertz CT molecular complexity index is 1090. The van der Waals surface area contributed by atoms with Gasteiger partial charge in [-0.15, -0.1) is 11.3 Å². The number of aryl methyl sites for hydroxylation is 1. The van der Waals surface area contributed by atoms with Crippen LogP contribution in [0.2, 0.25) is 0 Å². The molecule has 0 unspecified atom stereocenters. The van der Waals surface area contributed by atoms with Gasteiger partial charge in [-0.2, -0.15) is 0 Å². The van der Waals surface area contributed by atoms with Crippen LogP contribution in [0.3, 0.4) is 0 Å². The molecule has 0 aliphatic carbocycles. The summed E-state index contributed by atoms with van der Waals surface area (Å²) in [6.07, 6.45) is 2.17. The summed E-state index contributed by atoms with van der Waals surface area (Å²) in [5.74, 6) is 1.21. The highest BCUT2D eigenvalue weighted by Crippen LogP contribution is 2.30. The van der Waals surface area contributed by atoms with Gasteiger partial charge < -0.3 is 15.0 Å². The Morgan fingerprint density at radius 2 is 1.79 bits per heavy atom. The Hall–Kier alpha value is -3.19. The van der Waals surface area contributed by atoms with Crippen molar-refractivity contribution in [1.82, 2.24) is 15.2 Å². The standard InChI is InChI=1S/C26H29N3O3S/c1-18-24(33-25(28-18)21-6-4-3-5-7-21)26(31)29-14-12-19(13-15-29)16-23(30)27-17-20-8-10-22(32-2)11-9-20/h3-11,19H,12-17H2,1-2H3,(H,27,30). The molecule has 1 aliphatic heterocycles. The molecule has 2 aromatic carbocycles. The van der Waals surface area contributed by atoms with Crippen LogP contribution < -0.4 is 10.1 Å². The SMILES string of the molecule is COc1ccc(CNC(=O)CC2CCN(C(=O)c3sc(-c4ccccc4)nc3C)CC2)cc1. The maximum absolute atomic E-state index is 13.1. The lowest BCUT2D eigenvalue weighted by Gasteiger charge is -2.31. The number of carbonyl (C=O) groups excluding carboxylic acids is 2. The molecule has 1 fully saturated rings. The monoisotopic (exact) mass is 463 g/mol. The van der Waals surface area contributed by atoms with Crippen LogP contribution in [0.4, 0.5) is 0 Å². The van der Waals surface area contributed by atoms with Crippen molar-refractivity contribution in [3.63, 3.8) is 0 Å². The molecule has 0 spiro atoms. The molecular weight excluding hydrogens is 434 g/mol. The molecule has 3 aromatic rings. The minimum Gasteiger partial charge on any atom is -0.497 e. The number of carbonyl (C=O) groups is 2. The molecule has 0 radical (unpaired) electrons. The molecule has 2 heterocycles. The Kier molecular flexibility index (Phi) is 7.40. The van der Waals surface area contributed by atoms with Crippen LogP contribution in [0, 0.1) is 12.8 Å². The summed E-state index contributed by atoms with van der Waals surface area (Å²) in [4.78, 5) is 32.7. The highest BCUT2D eigenvalue weighted by atomic mass is 32.1. The van der Waals surface area contributed by atoms with Crippen molar-refractivity contribution in [2.24, 2.45) is 5.92 Å². The number of thiazole rings is 1. The van der Waals surface area contributed by atoms with Gasteiger partial charge in [0.05, 0.1) is 12.8 Å². The zero-order valence-corrected chi connectivity index (χ0v) is 19.9. The lowest BCUT2D eigenvalue weighted by Crippen LogP contribution is -2.39. The first kappa shape index (κ1) is 23.0. The van der Waals surface area contributed by atoms with Crippen LogP contribution in [0.1, 0.15) is 40.2 Å². The third-order valence-electron chi connectivity index (χ3n) is 6.04. The van der Waals surface area contributed by atoms with Gasteiger partial charge in [-0.25, -0.2) is 4.98 Å². The lowest BCUT2D eigenvalue weighted by molar-refractivity contribution is -0.122. The average molecular weight is 464 g/mol. The summed E-state index contributed by atoms with van der Waals surface area (Å²) < 4.78 is 5.16. The first-order valence-corrected chi connectivity index (χ1v) is 12.1. The summed E-state index contributed by atoms with van der Waals surface area (Å²) in [6.45, 7) is 3.76. The van der Waals surface area contributed by atoms with Crippen molar-refractivity contribution in [1.29, 1.82) is 0 Å². The van der Waals surface area contributed by atoms with E-state index in [-0.39, 0.29) is 11.8 Å². The van der Waals surface area contributed by atoms with E-state index in [1.165, 1.54) is 11.3 Å². The predicted octanol–water partition coefficient (Wildman–Crippen LogP) is 4.69. The van der Waals surface area contributed by atoms with E-state index in [0.717, 1.165) is 40.4 Å². The zero-order valence-electron chi connectivity index (χ0n) is 19.0. The number of benzene rings is 2. The Morgan fingerprint density at radius 1 is 1.09 bits per heavy atom. The second-order valence-corrected chi connectivity index (χ2v) is 9.36. The number of hydrogen-bond donors (Lipinski definition) is 1. The second-order valence-electron chi connectivity index (χ2n) is 8.36. The summed E-state index contributed by atoms with van der Waals surface area (Å²) in [6, 6.07) is 17.6. The van der Waals surface area contributed by atoms with Crippen molar-refractivity contribution in [2.75, 3.05) is 20.2 Å². The minimum absolute atomic E-state index is 0.0505. The molecule has 0 saturated carbocycles. The maximum atomic E-state index is 13.1. The molecule has 172 valence electrons. The van der Waals surface area contributed by atoms with E-state index in [0.29, 0.717) is 36.9 Å². The van der Waals surface area contributed by atoms with Crippen molar-refractivity contribution >= 4 is 23.2 Å². The predicted molar refractivity (Wildman–Crippen MR) is 130 cm³/mol. The fourth-order valence-electron chi connectivity index (χ4n) is 4.06. The molecule has 1 saturated heterocycles. The van der Waals surface area contributed by atoms with Crippen LogP contribution in [0.5, 0.6) is 5.75 Å². The number of nitrogens with zero attached hydrogens (tertiary/aromatic N) is 2. The van der Waals surface area contributed by atoms with Crippen molar-refractivity contribution in [2.45, 2.75) is 32.7 Å². The van der Waals surface area contributed by atoms with Crippen LogP contribution >= 0.6 is 11.3 Å². The second kappa shape index (κ2) is 10.6. The Balaban J connectivity index is 1.26. The fraction of sp³-hybridized carbons (Fsp3) is 0.346. The molecule has 1 aliphatic rings. The van der Waals surface area contributed by atoms with Gasteiger partial charge in [-0.05, 0) is 43.4 Å². The first-order valence-electron chi connectivity index (χ1n) is 11.2. The van der Waals surface area contributed by atoms with E-state index >= 15 is 0 Å². The molecule has 0 bridgehead atoms. The summed E-state index contributed by atoms with van der Waals surface area (Å²) in [5.41, 5.74) is 2.85. The van der Waals surface area contributed by atoms with Crippen molar-refractivity contribution in [3.05, 3.63) is 70.7 Å². The molecule has 1 aromatic heterocycles. The Morgan fingerprint density at radius 3 is 2.45 bits per heavy atom. The molecule has 1 N–H and O–H groups in total. The van der Waals surface area contributed by atoms with Gasteiger partial charge in [0, 0.05) is 31.6 Å². The topological polar surface area (TPSA) is 71.5 Å². The number of piperidine rings is 1. The lowest BCUT2D eigenvalue weighted by atomic mass is 9.93. The third-order valence-corrected chi connectivity index (χ3v) is 7.23.